The van der Waals surface area contributed by atoms with Crippen molar-refractivity contribution in [2.24, 2.45) is 11.8 Å². The van der Waals surface area contributed by atoms with Gasteiger partial charge in [0.15, 0.2) is 0 Å². The molecule has 6 nitrogen and oxygen atoms in total. The second-order valence-electron chi connectivity index (χ2n) is 7.93. The van der Waals surface area contributed by atoms with Crippen molar-refractivity contribution in [3.8, 4) is 0 Å². The third-order valence-corrected chi connectivity index (χ3v) is 6.47. The van der Waals surface area contributed by atoms with Crippen molar-refractivity contribution in [3.63, 3.8) is 0 Å². The van der Waals surface area contributed by atoms with Gasteiger partial charge in [0.05, 0.1) is 31.1 Å². The molecule has 4 aliphatic heterocycles. The van der Waals surface area contributed by atoms with Gasteiger partial charge in [-0.25, -0.2) is 0 Å². The van der Waals surface area contributed by atoms with Gasteiger partial charge in [-0.15, -0.1) is 0 Å². The van der Waals surface area contributed by atoms with Crippen LogP contribution in [0.5, 0.6) is 0 Å². The van der Waals surface area contributed by atoms with Crippen molar-refractivity contribution in [1.29, 1.82) is 0 Å². The lowest BCUT2D eigenvalue weighted by Gasteiger charge is -2.33. The van der Waals surface area contributed by atoms with Crippen molar-refractivity contribution in [1.82, 2.24) is 9.80 Å². The van der Waals surface area contributed by atoms with Gasteiger partial charge in [0.1, 0.15) is 5.60 Å². The van der Waals surface area contributed by atoms with Crippen molar-refractivity contribution in [2.75, 3.05) is 33.4 Å². The SMILES string of the molecule is COCCN1C[C@]23C=C[C@H](O2)[C@@H](C(=O)N2CCc4ccccc4C2)[C@@H]3C1=O. The van der Waals surface area contributed by atoms with Gasteiger partial charge in [0.2, 0.25) is 11.8 Å². The summed E-state index contributed by atoms with van der Waals surface area (Å²) in [6.07, 6.45) is 4.56. The largest absolute Gasteiger partial charge is 0.383 e. The lowest BCUT2D eigenvalue weighted by atomic mass is 9.76. The fraction of sp³-hybridized carbons (Fsp3) is 0.524. The standard InChI is InChI=1S/C21H24N2O4/c1-26-11-10-23-13-21-8-6-16(27-21)17(18(21)20(23)25)19(24)22-9-7-14-4-2-3-5-15(14)12-22/h2-6,8,16-18H,7,9-13H2,1H3/t16-,17+,18+,21-/m0/s1. The normalized spacial score (nSPS) is 33.5. The van der Waals surface area contributed by atoms with Gasteiger partial charge in [-0.3, -0.25) is 9.59 Å². The molecule has 0 unspecified atom stereocenters. The van der Waals surface area contributed by atoms with Gasteiger partial charge in [0, 0.05) is 26.7 Å². The number of carbonyl (C=O) groups excluding carboxylic acids is 2. The summed E-state index contributed by atoms with van der Waals surface area (Å²) in [5.74, 6) is -0.753. The van der Waals surface area contributed by atoms with Crippen molar-refractivity contribution in [3.05, 3.63) is 47.5 Å². The Labute approximate surface area is 158 Å². The number of likely N-dealkylation sites (tertiary alicyclic amines) is 1. The molecule has 4 heterocycles. The number of nitrogens with zero attached hydrogens (tertiary/aromatic N) is 2. The maximum Gasteiger partial charge on any atom is 0.230 e. The van der Waals surface area contributed by atoms with Crippen LogP contribution in [0.3, 0.4) is 0 Å². The third kappa shape index (κ3) is 2.47. The molecule has 2 bridgehead atoms. The zero-order chi connectivity index (χ0) is 18.6. The van der Waals surface area contributed by atoms with Crippen LogP contribution in [0.15, 0.2) is 36.4 Å². The number of hydrogen-bond acceptors (Lipinski definition) is 4. The van der Waals surface area contributed by atoms with Crippen LogP contribution in [0.4, 0.5) is 0 Å². The first-order valence-electron chi connectivity index (χ1n) is 9.63. The minimum Gasteiger partial charge on any atom is -0.383 e. The summed E-state index contributed by atoms with van der Waals surface area (Å²) in [6, 6.07) is 8.27. The molecule has 4 aliphatic rings. The van der Waals surface area contributed by atoms with E-state index < -0.39 is 17.4 Å². The molecule has 6 heteroatoms. The predicted molar refractivity (Wildman–Crippen MR) is 97.7 cm³/mol. The molecule has 2 fully saturated rings. The van der Waals surface area contributed by atoms with E-state index in [1.807, 2.05) is 29.2 Å². The number of methoxy groups -OCH3 is 1. The molecular weight excluding hydrogens is 344 g/mol. The summed E-state index contributed by atoms with van der Waals surface area (Å²) >= 11 is 0. The monoisotopic (exact) mass is 368 g/mol. The van der Waals surface area contributed by atoms with Gasteiger partial charge in [-0.05, 0) is 17.5 Å². The highest BCUT2D eigenvalue weighted by Crippen LogP contribution is 2.52. The lowest BCUT2D eigenvalue weighted by Crippen LogP contribution is -2.47. The van der Waals surface area contributed by atoms with Crippen LogP contribution in [-0.4, -0.2) is 66.7 Å². The Bertz CT molecular complexity index is 822. The van der Waals surface area contributed by atoms with E-state index in [9.17, 15) is 9.59 Å². The highest BCUT2D eigenvalue weighted by molar-refractivity contribution is 5.93. The summed E-state index contributed by atoms with van der Waals surface area (Å²) in [5, 5.41) is 0. The Kier molecular flexibility index (Phi) is 3.88. The number of carbonyl (C=O) groups is 2. The van der Waals surface area contributed by atoms with Gasteiger partial charge in [-0.2, -0.15) is 0 Å². The van der Waals surface area contributed by atoms with E-state index in [-0.39, 0.29) is 17.9 Å². The van der Waals surface area contributed by atoms with E-state index in [4.69, 9.17) is 9.47 Å². The summed E-state index contributed by atoms with van der Waals surface area (Å²) in [5.41, 5.74) is 1.87. The van der Waals surface area contributed by atoms with E-state index in [0.717, 1.165) is 6.42 Å². The molecule has 0 radical (unpaired) electrons. The minimum absolute atomic E-state index is 0.0228. The molecule has 4 atom stereocenters. The van der Waals surface area contributed by atoms with E-state index in [0.29, 0.717) is 32.8 Å². The number of rotatable bonds is 4. The summed E-state index contributed by atoms with van der Waals surface area (Å²) in [6.45, 7) is 2.85. The second-order valence-corrected chi connectivity index (χ2v) is 7.93. The number of benzene rings is 1. The number of ether oxygens (including phenoxy) is 2. The van der Waals surface area contributed by atoms with Crippen LogP contribution in [0.1, 0.15) is 11.1 Å². The molecule has 1 spiro atoms. The third-order valence-electron chi connectivity index (χ3n) is 6.47. The Balaban J connectivity index is 1.39. The Morgan fingerprint density at radius 1 is 1.33 bits per heavy atom. The zero-order valence-corrected chi connectivity index (χ0v) is 15.5. The Hall–Kier alpha value is -2.18. The number of fused-ring (bicyclic) bond motifs is 2. The average molecular weight is 368 g/mol. The van der Waals surface area contributed by atoms with Crippen molar-refractivity contribution in [2.45, 2.75) is 24.7 Å². The molecule has 2 amide bonds. The molecule has 0 aliphatic carbocycles. The molecule has 1 aromatic rings. The maximum atomic E-state index is 13.4. The molecule has 0 aromatic heterocycles. The van der Waals surface area contributed by atoms with Crippen molar-refractivity contribution >= 4 is 11.8 Å². The summed E-state index contributed by atoms with van der Waals surface area (Å²) in [4.78, 5) is 30.2. The minimum atomic E-state index is -0.635. The first-order valence-corrected chi connectivity index (χ1v) is 9.63. The van der Waals surface area contributed by atoms with Crippen LogP contribution in [0.25, 0.3) is 0 Å². The van der Waals surface area contributed by atoms with Gasteiger partial charge in [0.25, 0.3) is 0 Å². The van der Waals surface area contributed by atoms with Crippen LogP contribution < -0.4 is 0 Å². The predicted octanol–water partition coefficient (Wildman–Crippen LogP) is 1.000. The average Bonchev–Trinajstić information content (AvgIpc) is 3.33. The maximum absolute atomic E-state index is 13.4. The summed E-state index contributed by atoms with van der Waals surface area (Å²) in [7, 11) is 1.63. The molecule has 142 valence electrons. The lowest BCUT2D eigenvalue weighted by molar-refractivity contribution is -0.144. The first-order chi connectivity index (χ1) is 13.1. The molecular formula is C21H24N2O4. The van der Waals surface area contributed by atoms with E-state index in [1.165, 1.54) is 11.1 Å². The van der Waals surface area contributed by atoms with Gasteiger partial charge >= 0.3 is 0 Å². The quantitative estimate of drug-likeness (QED) is 0.744. The molecule has 5 rings (SSSR count). The van der Waals surface area contributed by atoms with Crippen LogP contribution in [0, 0.1) is 11.8 Å². The van der Waals surface area contributed by atoms with E-state index in [2.05, 4.69) is 12.1 Å². The van der Waals surface area contributed by atoms with Crippen LogP contribution in [0.2, 0.25) is 0 Å². The highest BCUT2D eigenvalue weighted by atomic mass is 16.5. The summed E-state index contributed by atoms with van der Waals surface area (Å²) < 4.78 is 11.3. The number of hydrogen-bond donors (Lipinski definition) is 0. The molecule has 0 N–H and O–H groups in total. The fourth-order valence-electron chi connectivity index (χ4n) is 5.15. The highest BCUT2D eigenvalue weighted by Gasteiger charge is 2.67. The molecule has 27 heavy (non-hydrogen) atoms. The van der Waals surface area contributed by atoms with Gasteiger partial charge < -0.3 is 19.3 Å². The molecule has 0 saturated carbocycles. The topological polar surface area (TPSA) is 59.1 Å². The Morgan fingerprint density at radius 2 is 2.15 bits per heavy atom. The van der Waals surface area contributed by atoms with Gasteiger partial charge in [-0.1, -0.05) is 36.4 Å². The fourth-order valence-corrected chi connectivity index (χ4v) is 5.15. The van der Waals surface area contributed by atoms with E-state index in [1.54, 1.807) is 12.0 Å². The second kappa shape index (κ2) is 6.17. The first kappa shape index (κ1) is 17.0. The van der Waals surface area contributed by atoms with Crippen molar-refractivity contribution < 1.29 is 19.1 Å². The van der Waals surface area contributed by atoms with E-state index >= 15 is 0 Å². The van der Waals surface area contributed by atoms with Crippen LogP contribution in [-0.2, 0) is 32.0 Å². The Morgan fingerprint density at radius 3 is 2.96 bits per heavy atom. The number of amides is 2. The smallest absolute Gasteiger partial charge is 0.230 e. The van der Waals surface area contributed by atoms with Crippen LogP contribution >= 0.6 is 0 Å². The molecule has 1 aromatic carbocycles. The molecule has 2 saturated heterocycles. The zero-order valence-electron chi connectivity index (χ0n) is 15.5.